The van der Waals surface area contributed by atoms with E-state index in [0.29, 0.717) is 17.8 Å². The molecule has 1 aliphatic heterocycles. The summed E-state index contributed by atoms with van der Waals surface area (Å²) in [6.45, 7) is 3.69. The molecular weight excluding hydrogens is 348 g/mol. The number of carbonyl (C=O) groups is 3. The second-order valence-electron chi connectivity index (χ2n) is 6.66. The predicted molar refractivity (Wildman–Crippen MR) is 99.4 cm³/mol. The summed E-state index contributed by atoms with van der Waals surface area (Å²) in [5.74, 6) is -1.90. The lowest BCUT2D eigenvalue weighted by Crippen LogP contribution is -2.29. The van der Waals surface area contributed by atoms with Crippen LogP contribution in [0.15, 0.2) is 53.6 Å². The van der Waals surface area contributed by atoms with Crippen molar-refractivity contribution < 1.29 is 29.3 Å². The molecule has 1 aliphatic carbocycles. The Morgan fingerprint density at radius 2 is 1.78 bits per heavy atom. The smallest absolute Gasteiger partial charge is 0.343 e. The summed E-state index contributed by atoms with van der Waals surface area (Å²) in [6, 6.07) is 10.2. The summed E-state index contributed by atoms with van der Waals surface area (Å²) in [7, 11) is 0. The van der Waals surface area contributed by atoms with Crippen molar-refractivity contribution in [3.05, 3.63) is 59.2 Å². The number of hydrogen-bond donors (Lipinski definition) is 2. The second-order valence-corrected chi connectivity index (χ2v) is 6.66. The van der Waals surface area contributed by atoms with Gasteiger partial charge in [0.05, 0.1) is 5.57 Å². The molecule has 2 N–H and O–H groups in total. The third kappa shape index (κ3) is 5.14. The van der Waals surface area contributed by atoms with Crippen molar-refractivity contribution in [2.45, 2.75) is 51.2 Å². The third-order valence-corrected chi connectivity index (χ3v) is 4.40. The number of fused-ring (bicyclic) bond motifs is 1. The molecule has 0 bridgehead atoms. The molecule has 2 aliphatic rings. The molecule has 1 fully saturated rings. The number of carboxylic acid groups (broad SMARTS) is 2. The minimum absolute atomic E-state index is 0.00685. The van der Waals surface area contributed by atoms with Crippen LogP contribution in [0.4, 0.5) is 0 Å². The van der Waals surface area contributed by atoms with Crippen molar-refractivity contribution in [2.24, 2.45) is 0 Å². The zero-order chi connectivity index (χ0) is 20.0. The minimum Gasteiger partial charge on any atom is -0.479 e. The van der Waals surface area contributed by atoms with Gasteiger partial charge in [-0.15, -0.1) is 0 Å². The van der Waals surface area contributed by atoms with Crippen LogP contribution in [0.2, 0.25) is 0 Å². The molecule has 1 aromatic carbocycles. The van der Waals surface area contributed by atoms with Crippen LogP contribution in [-0.2, 0) is 25.5 Å². The van der Waals surface area contributed by atoms with Gasteiger partial charge >= 0.3 is 11.9 Å². The number of carboxylic acids is 2. The van der Waals surface area contributed by atoms with Crippen LogP contribution in [0.25, 0.3) is 0 Å². The van der Waals surface area contributed by atoms with Crippen molar-refractivity contribution in [2.75, 3.05) is 0 Å². The molecule has 1 saturated heterocycles. The summed E-state index contributed by atoms with van der Waals surface area (Å²) >= 11 is 0. The highest BCUT2D eigenvalue weighted by Gasteiger charge is 2.65. The Kier molecular flexibility index (Phi) is 6.69. The Labute approximate surface area is 158 Å². The van der Waals surface area contributed by atoms with Crippen LogP contribution in [0.3, 0.4) is 0 Å². The summed E-state index contributed by atoms with van der Waals surface area (Å²) < 4.78 is 4.95. The molecule has 144 valence electrons. The largest absolute Gasteiger partial charge is 0.479 e. The van der Waals surface area contributed by atoms with Crippen molar-refractivity contribution in [3.8, 4) is 0 Å². The van der Waals surface area contributed by atoms with E-state index in [-0.39, 0.29) is 5.57 Å². The molecule has 6 heteroatoms. The predicted octanol–water partition coefficient (Wildman–Crippen LogP) is 3.17. The number of carbonyl (C=O) groups excluding carboxylic acids is 1. The minimum atomic E-state index is -1.42. The number of Topliss-reactive ketones (excluding diaryl/α,β-unsaturated/α-hetero) is 1. The molecule has 27 heavy (non-hydrogen) atoms. The van der Waals surface area contributed by atoms with E-state index in [0.717, 1.165) is 19.3 Å². The average Bonchev–Trinajstić information content (AvgIpc) is 3.37. The van der Waals surface area contributed by atoms with Gasteiger partial charge in [0.2, 0.25) is 5.60 Å². The Hall–Kier alpha value is -2.73. The van der Waals surface area contributed by atoms with Gasteiger partial charge in [0, 0.05) is 12.8 Å². The first-order valence-electron chi connectivity index (χ1n) is 8.91. The molecule has 0 amide bonds. The zero-order valence-electron chi connectivity index (χ0n) is 15.5. The molecule has 0 aromatic heterocycles. The third-order valence-electron chi connectivity index (χ3n) is 4.40. The van der Waals surface area contributed by atoms with Gasteiger partial charge in [0.15, 0.2) is 0 Å². The first kappa shape index (κ1) is 20.6. The lowest BCUT2D eigenvalue weighted by Gasteiger charge is -2.08. The Morgan fingerprint density at radius 1 is 1.11 bits per heavy atom. The van der Waals surface area contributed by atoms with E-state index >= 15 is 0 Å². The molecule has 2 atom stereocenters. The van der Waals surface area contributed by atoms with Gasteiger partial charge in [0.1, 0.15) is 11.9 Å². The molecule has 0 spiro atoms. The highest BCUT2D eigenvalue weighted by atomic mass is 16.6. The van der Waals surface area contributed by atoms with E-state index in [1.807, 2.05) is 25.1 Å². The van der Waals surface area contributed by atoms with E-state index in [9.17, 15) is 14.4 Å². The van der Waals surface area contributed by atoms with E-state index < -0.39 is 23.6 Å². The molecular formula is C21H24O6. The van der Waals surface area contributed by atoms with Gasteiger partial charge in [-0.2, -0.15) is 0 Å². The molecule has 1 aromatic rings. The number of allylic oxidation sites excluding steroid dienone is 2. The van der Waals surface area contributed by atoms with Crippen LogP contribution in [-0.4, -0.2) is 39.6 Å². The number of ketones is 1. The van der Waals surface area contributed by atoms with Crippen molar-refractivity contribution >= 4 is 17.7 Å². The van der Waals surface area contributed by atoms with Gasteiger partial charge in [-0.25, -0.2) is 9.59 Å². The maximum atomic E-state index is 11.2. The average molecular weight is 372 g/mol. The first-order chi connectivity index (χ1) is 12.8. The number of hydrogen-bond acceptors (Lipinski definition) is 4. The summed E-state index contributed by atoms with van der Waals surface area (Å²) in [6.07, 6.45) is 5.31. The monoisotopic (exact) mass is 372 g/mol. The number of epoxide rings is 1. The SMILES string of the molecule is CC1=CC2(C(=O)O)OC2C(C(=O)O)=C1.CCCC(=O)CCc1ccccc1. The van der Waals surface area contributed by atoms with E-state index in [1.54, 1.807) is 6.92 Å². The zero-order valence-corrected chi connectivity index (χ0v) is 15.5. The Balaban J connectivity index is 0.000000194. The van der Waals surface area contributed by atoms with Gasteiger partial charge in [0.25, 0.3) is 0 Å². The number of benzene rings is 1. The van der Waals surface area contributed by atoms with Crippen LogP contribution < -0.4 is 0 Å². The fraction of sp³-hybridized carbons (Fsp3) is 0.381. The van der Waals surface area contributed by atoms with Crippen molar-refractivity contribution in [1.29, 1.82) is 0 Å². The van der Waals surface area contributed by atoms with Crippen molar-refractivity contribution in [3.63, 3.8) is 0 Å². The lowest BCUT2D eigenvalue weighted by atomic mass is 9.91. The quantitative estimate of drug-likeness (QED) is 0.713. The second kappa shape index (κ2) is 8.77. The molecule has 0 saturated carbocycles. The Bertz CT molecular complexity index is 777. The fourth-order valence-corrected chi connectivity index (χ4v) is 3.00. The lowest BCUT2D eigenvalue weighted by molar-refractivity contribution is -0.141. The topological polar surface area (TPSA) is 104 Å². The van der Waals surface area contributed by atoms with Crippen LogP contribution in [0, 0.1) is 0 Å². The van der Waals surface area contributed by atoms with Gasteiger partial charge in [-0.05, 0) is 37.5 Å². The van der Waals surface area contributed by atoms with Gasteiger partial charge < -0.3 is 14.9 Å². The standard InChI is InChI=1S/C12H16O.C9H8O5/c1-2-6-12(13)10-9-11-7-4-3-5-8-11;1-4-2-5(7(10)11)6-9(3-4,14-6)8(12)13/h3-5,7-8H,2,6,9-10H2,1H3;2-3,6H,1H3,(H,10,11)(H,12,13). The summed E-state index contributed by atoms with van der Waals surface area (Å²) in [5, 5.41) is 17.6. The van der Waals surface area contributed by atoms with Crippen LogP contribution >= 0.6 is 0 Å². The van der Waals surface area contributed by atoms with Gasteiger partial charge in [-0.3, -0.25) is 4.79 Å². The van der Waals surface area contributed by atoms with Crippen LogP contribution in [0.5, 0.6) is 0 Å². The number of rotatable bonds is 7. The fourth-order valence-electron chi connectivity index (χ4n) is 3.00. The molecule has 2 unspecified atom stereocenters. The van der Waals surface area contributed by atoms with E-state index in [4.69, 9.17) is 14.9 Å². The number of aliphatic carboxylic acids is 2. The molecule has 6 nitrogen and oxygen atoms in total. The summed E-state index contributed by atoms with van der Waals surface area (Å²) in [4.78, 5) is 32.8. The van der Waals surface area contributed by atoms with Crippen molar-refractivity contribution in [1.82, 2.24) is 0 Å². The Morgan fingerprint density at radius 3 is 2.33 bits per heavy atom. The van der Waals surface area contributed by atoms with Crippen LogP contribution in [0.1, 0.15) is 38.7 Å². The highest BCUT2D eigenvalue weighted by Crippen LogP contribution is 2.46. The van der Waals surface area contributed by atoms with Gasteiger partial charge in [-0.1, -0.05) is 42.8 Å². The highest BCUT2D eigenvalue weighted by molar-refractivity contribution is 5.96. The first-order valence-corrected chi connectivity index (χ1v) is 8.91. The van der Waals surface area contributed by atoms with E-state index in [1.165, 1.54) is 17.7 Å². The molecule has 1 heterocycles. The number of ether oxygens (including phenoxy) is 1. The summed E-state index contributed by atoms with van der Waals surface area (Å²) in [5.41, 5.74) is 0.435. The maximum Gasteiger partial charge on any atom is 0.343 e. The normalized spacial score (nSPS) is 22.4. The molecule has 0 radical (unpaired) electrons. The van der Waals surface area contributed by atoms with E-state index in [2.05, 4.69) is 12.1 Å². The maximum absolute atomic E-state index is 11.2. The number of aryl methyl sites for hydroxylation is 1. The molecule has 3 rings (SSSR count).